The molecule has 16 heavy (non-hydrogen) atoms. The Balaban J connectivity index is 0.00000128. The van der Waals surface area contributed by atoms with Crippen molar-refractivity contribution in [2.24, 2.45) is 11.7 Å². The molecule has 2 rings (SSSR count). The first kappa shape index (κ1) is 13.7. The van der Waals surface area contributed by atoms with Gasteiger partial charge in [-0.15, -0.1) is 12.4 Å². The highest BCUT2D eigenvalue weighted by Crippen LogP contribution is 2.25. The third-order valence-electron chi connectivity index (χ3n) is 3.45. The molecule has 1 amide bonds. The summed E-state index contributed by atoms with van der Waals surface area (Å²) in [6, 6.07) is 0. The Kier molecular flexibility index (Phi) is 5.52. The molecule has 0 radical (unpaired) electrons. The zero-order valence-electron chi connectivity index (χ0n) is 9.48. The monoisotopic (exact) mass is 248 g/mol. The molecule has 0 aromatic rings. The van der Waals surface area contributed by atoms with E-state index in [1.807, 2.05) is 0 Å². The zero-order valence-corrected chi connectivity index (χ0v) is 10.3. The van der Waals surface area contributed by atoms with Gasteiger partial charge in [0, 0.05) is 13.1 Å². The number of carbonyl (C=O) groups is 1. The van der Waals surface area contributed by atoms with Crippen LogP contribution in [-0.2, 0) is 9.53 Å². The number of hydrogen-bond donors (Lipinski definition) is 2. The summed E-state index contributed by atoms with van der Waals surface area (Å²) in [4.78, 5) is 11.7. The van der Waals surface area contributed by atoms with E-state index < -0.39 is 0 Å². The Hall–Kier alpha value is -0.320. The van der Waals surface area contributed by atoms with Crippen molar-refractivity contribution in [3.8, 4) is 0 Å². The van der Waals surface area contributed by atoms with Crippen molar-refractivity contribution in [1.82, 2.24) is 5.32 Å². The van der Waals surface area contributed by atoms with E-state index in [1.165, 1.54) is 19.3 Å². The van der Waals surface area contributed by atoms with Crippen molar-refractivity contribution in [2.75, 3.05) is 13.1 Å². The van der Waals surface area contributed by atoms with Gasteiger partial charge in [-0.1, -0.05) is 6.42 Å². The summed E-state index contributed by atoms with van der Waals surface area (Å²) in [5.41, 5.74) is 5.49. The summed E-state index contributed by atoms with van der Waals surface area (Å²) in [6.07, 6.45) is 5.41. The number of nitrogens with one attached hydrogen (secondary N) is 1. The summed E-state index contributed by atoms with van der Waals surface area (Å²) in [6.45, 7) is 1.35. The SMILES string of the molecule is Cl.NC[C@H]1CC[C@@H](C(=O)NCC2CCC2)O1. The molecule has 0 aromatic carbocycles. The van der Waals surface area contributed by atoms with Crippen LogP contribution in [0, 0.1) is 5.92 Å². The highest BCUT2D eigenvalue weighted by atomic mass is 35.5. The van der Waals surface area contributed by atoms with Gasteiger partial charge in [-0.3, -0.25) is 4.79 Å². The standard InChI is InChI=1S/C11H20N2O2.ClH/c12-6-9-4-5-10(15-9)11(14)13-7-8-2-1-3-8;/h8-10H,1-7,12H2,(H,13,14);1H/t9-,10+;/m1./s1. The summed E-state index contributed by atoms with van der Waals surface area (Å²) in [5, 5.41) is 2.97. The van der Waals surface area contributed by atoms with Gasteiger partial charge in [0.25, 0.3) is 0 Å². The van der Waals surface area contributed by atoms with Crippen LogP contribution in [0.1, 0.15) is 32.1 Å². The third-order valence-corrected chi connectivity index (χ3v) is 3.45. The van der Waals surface area contributed by atoms with Gasteiger partial charge >= 0.3 is 0 Å². The van der Waals surface area contributed by atoms with Crippen molar-refractivity contribution in [3.05, 3.63) is 0 Å². The van der Waals surface area contributed by atoms with Crippen LogP contribution in [-0.4, -0.2) is 31.2 Å². The summed E-state index contributed by atoms with van der Waals surface area (Å²) in [5.74, 6) is 0.763. The summed E-state index contributed by atoms with van der Waals surface area (Å²) >= 11 is 0. The van der Waals surface area contributed by atoms with Gasteiger partial charge in [0.15, 0.2) is 0 Å². The van der Waals surface area contributed by atoms with Crippen molar-refractivity contribution < 1.29 is 9.53 Å². The molecule has 94 valence electrons. The maximum absolute atomic E-state index is 11.7. The largest absolute Gasteiger partial charge is 0.364 e. The molecule has 2 fully saturated rings. The molecule has 0 bridgehead atoms. The van der Waals surface area contributed by atoms with Crippen LogP contribution in [0.15, 0.2) is 0 Å². The number of nitrogens with two attached hydrogens (primary N) is 1. The molecular weight excluding hydrogens is 228 g/mol. The molecule has 0 aromatic heterocycles. The molecule has 3 N–H and O–H groups in total. The molecule has 1 aliphatic heterocycles. The number of amides is 1. The first-order valence-electron chi connectivity index (χ1n) is 5.93. The molecule has 2 aliphatic rings. The van der Waals surface area contributed by atoms with Gasteiger partial charge in [0.2, 0.25) is 5.91 Å². The maximum atomic E-state index is 11.7. The fourth-order valence-electron chi connectivity index (χ4n) is 2.13. The van der Waals surface area contributed by atoms with Gasteiger partial charge < -0.3 is 15.8 Å². The van der Waals surface area contributed by atoms with E-state index in [9.17, 15) is 4.79 Å². The first-order valence-corrected chi connectivity index (χ1v) is 5.93. The molecule has 4 nitrogen and oxygen atoms in total. The minimum absolute atomic E-state index is 0. The van der Waals surface area contributed by atoms with E-state index >= 15 is 0 Å². The highest BCUT2D eigenvalue weighted by Gasteiger charge is 2.30. The number of rotatable bonds is 4. The zero-order chi connectivity index (χ0) is 10.7. The van der Waals surface area contributed by atoms with E-state index in [1.54, 1.807) is 0 Å². The number of halogens is 1. The van der Waals surface area contributed by atoms with Crippen LogP contribution >= 0.6 is 12.4 Å². The summed E-state index contributed by atoms with van der Waals surface area (Å²) < 4.78 is 5.52. The van der Waals surface area contributed by atoms with Crippen LogP contribution in [0.4, 0.5) is 0 Å². The second-order valence-corrected chi connectivity index (χ2v) is 4.60. The second-order valence-electron chi connectivity index (χ2n) is 4.60. The fraction of sp³-hybridized carbons (Fsp3) is 0.909. The molecule has 1 saturated heterocycles. The topological polar surface area (TPSA) is 64.4 Å². The quantitative estimate of drug-likeness (QED) is 0.775. The van der Waals surface area contributed by atoms with Crippen LogP contribution in [0.5, 0.6) is 0 Å². The maximum Gasteiger partial charge on any atom is 0.249 e. The van der Waals surface area contributed by atoms with Crippen LogP contribution in [0.3, 0.4) is 0 Å². The molecule has 2 atom stereocenters. The number of carbonyl (C=O) groups excluding carboxylic acids is 1. The van der Waals surface area contributed by atoms with E-state index in [0.717, 1.165) is 19.4 Å². The summed E-state index contributed by atoms with van der Waals surface area (Å²) in [7, 11) is 0. The Labute approximate surface area is 103 Å². The van der Waals surface area contributed by atoms with Gasteiger partial charge in [-0.25, -0.2) is 0 Å². The Bertz CT molecular complexity index is 234. The van der Waals surface area contributed by atoms with Crippen LogP contribution in [0.25, 0.3) is 0 Å². The van der Waals surface area contributed by atoms with Gasteiger partial charge in [0.1, 0.15) is 6.10 Å². The van der Waals surface area contributed by atoms with Crippen LogP contribution < -0.4 is 11.1 Å². The van der Waals surface area contributed by atoms with E-state index in [0.29, 0.717) is 12.5 Å². The molecule has 5 heteroatoms. The minimum atomic E-state index is -0.251. The van der Waals surface area contributed by atoms with Crippen molar-refractivity contribution in [1.29, 1.82) is 0 Å². The van der Waals surface area contributed by atoms with Gasteiger partial charge in [-0.2, -0.15) is 0 Å². The molecule has 0 spiro atoms. The molecule has 0 unspecified atom stereocenters. The van der Waals surface area contributed by atoms with E-state index in [2.05, 4.69) is 5.32 Å². The number of ether oxygens (including phenoxy) is 1. The third kappa shape index (κ3) is 3.34. The molecule has 1 aliphatic carbocycles. The second kappa shape index (κ2) is 6.42. The van der Waals surface area contributed by atoms with Gasteiger partial charge in [-0.05, 0) is 31.6 Å². The van der Waals surface area contributed by atoms with E-state index in [-0.39, 0.29) is 30.5 Å². The fourth-order valence-corrected chi connectivity index (χ4v) is 2.13. The van der Waals surface area contributed by atoms with Gasteiger partial charge in [0.05, 0.1) is 6.10 Å². The Morgan fingerprint density at radius 2 is 2.06 bits per heavy atom. The van der Waals surface area contributed by atoms with Crippen LogP contribution in [0.2, 0.25) is 0 Å². The molecule has 1 heterocycles. The Morgan fingerprint density at radius 1 is 1.31 bits per heavy atom. The van der Waals surface area contributed by atoms with Crippen molar-refractivity contribution in [2.45, 2.75) is 44.3 Å². The lowest BCUT2D eigenvalue weighted by Gasteiger charge is -2.26. The van der Waals surface area contributed by atoms with E-state index in [4.69, 9.17) is 10.5 Å². The normalized spacial score (nSPS) is 29.3. The molecule has 1 saturated carbocycles. The first-order chi connectivity index (χ1) is 7.29. The van der Waals surface area contributed by atoms with Crippen molar-refractivity contribution in [3.63, 3.8) is 0 Å². The van der Waals surface area contributed by atoms with Crippen molar-refractivity contribution >= 4 is 18.3 Å². The predicted molar refractivity (Wildman–Crippen MR) is 64.5 cm³/mol. The highest BCUT2D eigenvalue weighted by molar-refractivity contribution is 5.85. The lowest BCUT2D eigenvalue weighted by molar-refractivity contribution is -0.132. The minimum Gasteiger partial charge on any atom is -0.364 e. The average molecular weight is 249 g/mol. The Morgan fingerprint density at radius 3 is 2.56 bits per heavy atom. The average Bonchev–Trinajstić information content (AvgIpc) is 2.63. The predicted octanol–water partition coefficient (Wildman–Crippen LogP) is 0.831. The smallest absolute Gasteiger partial charge is 0.249 e. The lowest BCUT2D eigenvalue weighted by atomic mass is 9.85. The lowest BCUT2D eigenvalue weighted by Crippen LogP contribution is -2.39. The number of hydrogen-bond acceptors (Lipinski definition) is 3. The molecular formula is C11H21ClN2O2.